The van der Waals surface area contributed by atoms with Crippen LogP contribution in [0.15, 0.2) is 18.2 Å². The van der Waals surface area contributed by atoms with Crippen LogP contribution in [0.3, 0.4) is 0 Å². The molecule has 0 aromatic heterocycles. The number of nitro benzene ring substituents is 1. The smallest absolute Gasteiger partial charge is 0.271 e. The van der Waals surface area contributed by atoms with E-state index in [-0.39, 0.29) is 22.9 Å². The van der Waals surface area contributed by atoms with Gasteiger partial charge >= 0.3 is 0 Å². The highest BCUT2D eigenvalue weighted by atomic mass is 16.6. The molecule has 1 aromatic carbocycles. The van der Waals surface area contributed by atoms with Crippen LogP contribution in [0, 0.1) is 10.1 Å². The molecule has 0 aliphatic carbocycles. The van der Waals surface area contributed by atoms with Crippen molar-refractivity contribution in [2.45, 2.75) is 51.4 Å². The number of anilines is 1. The lowest BCUT2D eigenvalue weighted by molar-refractivity contribution is -0.384. The third-order valence-electron chi connectivity index (χ3n) is 3.80. The average molecular weight is 294 g/mol. The molecule has 0 spiro atoms. The van der Waals surface area contributed by atoms with Gasteiger partial charge < -0.3 is 14.8 Å². The Balaban J connectivity index is 2.30. The number of non-ortho nitro benzene ring substituents is 1. The van der Waals surface area contributed by atoms with E-state index in [1.54, 1.807) is 13.2 Å². The van der Waals surface area contributed by atoms with Crippen LogP contribution < -0.4 is 10.1 Å². The summed E-state index contributed by atoms with van der Waals surface area (Å²) in [6.07, 6.45) is 0.811. The maximum absolute atomic E-state index is 10.9. The fourth-order valence-corrected chi connectivity index (χ4v) is 2.90. The number of ether oxygens (including phenoxy) is 2. The van der Waals surface area contributed by atoms with Gasteiger partial charge in [0.25, 0.3) is 5.69 Å². The Kier molecular flexibility index (Phi) is 3.84. The Morgan fingerprint density at radius 1 is 1.38 bits per heavy atom. The van der Waals surface area contributed by atoms with Crippen molar-refractivity contribution in [2.75, 3.05) is 12.4 Å². The molecule has 2 rings (SSSR count). The summed E-state index contributed by atoms with van der Waals surface area (Å²) >= 11 is 0. The van der Waals surface area contributed by atoms with Gasteiger partial charge in [-0.2, -0.15) is 0 Å². The molecule has 1 fully saturated rings. The Bertz CT molecular complexity index is 555. The summed E-state index contributed by atoms with van der Waals surface area (Å²) < 4.78 is 11.3. The van der Waals surface area contributed by atoms with Crippen LogP contribution in [-0.2, 0) is 4.74 Å². The molecule has 0 amide bonds. The number of hydrogen-bond donors (Lipinski definition) is 1. The highest BCUT2D eigenvalue weighted by Crippen LogP contribution is 2.40. The van der Waals surface area contributed by atoms with Crippen molar-refractivity contribution < 1.29 is 14.4 Å². The number of benzene rings is 1. The van der Waals surface area contributed by atoms with Crippen LogP contribution >= 0.6 is 0 Å². The molecule has 6 heteroatoms. The van der Waals surface area contributed by atoms with Gasteiger partial charge in [0.2, 0.25) is 0 Å². The molecule has 0 radical (unpaired) electrons. The molecular formula is C15H22N2O4. The summed E-state index contributed by atoms with van der Waals surface area (Å²) in [5.41, 5.74) is 0.0641. The molecule has 1 N–H and O–H groups in total. The largest absolute Gasteiger partial charge is 0.495 e. The first-order valence-corrected chi connectivity index (χ1v) is 6.94. The zero-order chi connectivity index (χ0) is 15.8. The highest BCUT2D eigenvalue weighted by Gasteiger charge is 2.46. The third-order valence-corrected chi connectivity index (χ3v) is 3.80. The number of nitro groups is 1. The van der Waals surface area contributed by atoms with Crippen molar-refractivity contribution in [1.29, 1.82) is 0 Å². The number of nitrogens with one attached hydrogen (secondary N) is 1. The monoisotopic (exact) mass is 294 g/mol. The van der Waals surface area contributed by atoms with Gasteiger partial charge in [-0.15, -0.1) is 0 Å². The molecule has 21 heavy (non-hydrogen) atoms. The molecule has 1 atom stereocenters. The van der Waals surface area contributed by atoms with E-state index in [0.29, 0.717) is 11.4 Å². The maximum Gasteiger partial charge on any atom is 0.271 e. The standard InChI is InChI=1S/C15H22N2O4/c1-14(2)9-13(15(3,4)21-14)16-11-8-10(17(18)19)6-7-12(11)20-5/h6-8,13,16H,9H2,1-5H3. The van der Waals surface area contributed by atoms with E-state index in [1.165, 1.54) is 12.1 Å². The Hall–Kier alpha value is -1.82. The molecule has 1 heterocycles. The van der Waals surface area contributed by atoms with Crippen LogP contribution in [0.4, 0.5) is 11.4 Å². The SMILES string of the molecule is COc1ccc([N+](=O)[O-])cc1NC1CC(C)(C)OC1(C)C. The summed E-state index contributed by atoms with van der Waals surface area (Å²) in [6.45, 7) is 8.12. The van der Waals surface area contributed by atoms with Crippen molar-refractivity contribution in [3.05, 3.63) is 28.3 Å². The van der Waals surface area contributed by atoms with Crippen molar-refractivity contribution in [2.24, 2.45) is 0 Å². The van der Waals surface area contributed by atoms with Crippen LogP contribution in [-0.4, -0.2) is 29.3 Å². The lowest BCUT2D eigenvalue weighted by atomic mass is 9.94. The van der Waals surface area contributed by atoms with Crippen molar-refractivity contribution in [3.63, 3.8) is 0 Å². The fourth-order valence-electron chi connectivity index (χ4n) is 2.90. The molecule has 0 saturated carbocycles. The van der Waals surface area contributed by atoms with E-state index in [1.807, 2.05) is 27.7 Å². The molecule has 1 aliphatic heterocycles. The van der Waals surface area contributed by atoms with E-state index >= 15 is 0 Å². The molecule has 1 unspecified atom stereocenters. The molecule has 1 aromatic rings. The summed E-state index contributed by atoms with van der Waals surface area (Å²) in [5.74, 6) is 0.584. The van der Waals surface area contributed by atoms with E-state index in [9.17, 15) is 10.1 Å². The predicted molar refractivity (Wildman–Crippen MR) is 80.9 cm³/mol. The minimum Gasteiger partial charge on any atom is -0.495 e. The van der Waals surface area contributed by atoms with E-state index in [0.717, 1.165) is 6.42 Å². The van der Waals surface area contributed by atoms with Crippen LogP contribution in [0.25, 0.3) is 0 Å². The maximum atomic E-state index is 10.9. The summed E-state index contributed by atoms with van der Waals surface area (Å²) in [6, 6.07) is 4.59. The van der Waals surface area contributed by atoms with Crippen LogP contribution in [0.1, 0.15) is 34.1 Å². The highest BCUT2D eigenvalue weighted by molar-refractivity contribution is 5.62. The predicted octanol–water partition coefficient (Wildman–Crippen LogP) is 3.36. The van der Waals surface area contributed by atoms with Gasteiger partial charge in [-0.3, -0.25) is 10.1 Å². The first-order valence-electron chi connectivity index (χ1n) is 6.94. The lowest BCUT2D eigenvalue weighted by Crippen LogP contribution is -2.38. The van der Waals surface area contributed by atoms with Crippen LogP contribution in [0.5, 0.6) is 5.75 Å². The summed E-state index contributed by atoms with van der Waals surface area (Å²) in [5, 5.41) is 14.3. The summed E-state index contributed by atoms with van der Waals surface area (Å²) in [7, 11) is 1.55. The quantitative estimate of drug-likeness (QED) is 0.681. The van der Waals surface area contributed by atoms with E-state index in [4.69, 9.17) is 9.47 Å². The second-order valence-corrected chi connectivity index (χ2v) is 6.51. The van der Waals surface area contributed by atoms with Crippen molar-refractivity contribution in [3.8, 4) is 5.75 Å². The lowest BCUT2D eigenvalue weighted by Gasteiger charge is -2.28. The second-order valence-electron chi connectivity index (χ2n) is 6.51. The Morgan fingerprint density at radius 2 is 2.05 bits per heavy atom. The zero-order valence-corrected chi connectivity index (χ0v) is 13.1. The first-order chi connectivity index (χ1) is 9.64. The first kappa shape index (κ1) is 15.6. The minimum absolute atomic E-state index is 0.0364. The van der Waals surface area contributed by atoms with E-state index in [2.05, 4.69) is 5.32 Å². The normalized spacial score (nSPS) is 22.8. The van der Waals surface area contributed by atoms with Gasteiger partial charge in [-0.25, -0.2) is 0 Å². The molecule has 6 nitrogen and oxygen atoms in total. The number of hydrogen-bond acceptors (Lipinski definition) is 5. The Labute approximate surface area is 124 Å². The molecular weight excluding hydrogens is 272 g/mol. The molecule has 0 bridgehead atoms. The van der Waals surface area contributed by atoms with Gasteiger partial charge in [0.1, 0.15) is 5.75 Å². The molecule has 1 saturated heterocycles. The topological polar surface area (TPSA) is 73.6 Å². The van der Waals surface area contributed by atoms with Gasteiger partial charge in [-0.05, 0) is 40.2 Å². The van der Waals surface area contributed by atoms with E-state index < -0.39 is 4.92 Å². The molecule has 116 valence electrons. The number of nitrogens with zero attached hydrogens (tertiary/aromatic N) is 1. The number of rotatable bonds is 4. The van der Waals surface area contributed by atoms with Gasteiger partial charge in [-0.1, -0.05) is 0 Å². The van der Waals surface area contributed by atoms with Gasteiger partial charge in [0.05, 0.1) is 35.0 Å². The summed E-state index contributed by atoms with van der Waals surface area (Å²) in [4.78, 5) is 10.5. The zero-order valence-electron chi connectivity index (χ0n) is 13.1. The van der Waals surface area contributed by atoms with Gasteiger partial charge in [0.15, 0.2) is 0 Å². The van der Waals surface area contributed by atoms with Crippen molar-refractivity contribution in [1.82, 2.24) is 0 Å². The third kappa shape index (κ3) is 3.26. The molecule has 1 aliphatic rings. The average Bonchev–Trinajstić information content (AvgIpc) is 2.56. The Morgan fingerprint density at radius 3 is 2.52 bits per heavy atom. The second kappa shape index (κ2) is 5.18. The fraction of sp³-hybridized carbons (Fsp3) is 0.600. The van der Waals surface area contributed by atoms with Crippen molar-refractivity contribution >= 4 is 11.4 Å². The van der Waals surface area contributed by atoms with Gasteiger partial charge in [0, 0.05) is 12.1 Å². The minimum atomic E-state index is -0.412. The number of methoxy groups -OCH3 is 1. The van der Waals surface area contributed by atoms with Crippen LogP contribution in [0.2, 0.25) is 0 Å².